The Bertz CT molecular complexity index is 719. The van der Waals surface area contributed by atoms with E-state index in [1.807, 2.05) is 12.1 Å². The lowest BCUT2D eigenvalue weighted by molar-refractivity contribution is -0.151. The standard InChI is InChI=1S/C18H20NO7P/c19-27(22,25-13-23-17(20)11-15-7-3-1-4-8-15)26-14-24-18(21)12-16-9-5-2-6-10-16/h1-10H,11-14H2,(H2,19,22). The average molecular weight is 393 g/mol. The highest BCUT2D eigenvalue weighted by molar-refractivity contribution is 7.51. The topological polar surface area (TPSA) is 114 Å². The number of hydrogen-bond acceptors (Lipinski definition) is 7. The minimum atomic E-state index is -4.02. The van der Waals surface area contributed by atoms with Crippen molar-refractivity contribution in [1.29, 1.82) is 0 Å². The van der Waals surface area contributed by atoms with E-state index in [1.165, 1.54) is 0 Å². The molecule has 0 aliphatic heterocycles. The predicted octanol–water partition coefficient (Wildman–Crippen LogP) is 2.57. The molecule has 2 aromatic rings. The monoisotopic (exact) mass is 393 g/mol. The minimum absolute atomic E-state index is 0.0387. The molecule has 8 nitrogen and oxygen atoms in total. The molecule has 0 aromatic heterocycles. The Labute approximate surface area is 156 Å². The molecule has 0 saturated heterocycles. The van der Waals surface area contributed by atoms with Gasteiger partial charge in [0.05, 0.1) is 12.8 Å². The maximum absolute atomic E-state index is 11.8. The van der Waals surface area contributed by atoms with Gasteiger partial charge in [0, 0.05) is 0 Å². The third-order valence-corrected chi connectivity index (χ3v) is 4.22. The highest BCUT2D eigenvalue weighted by Crippen LogP contribution is 2.38. The highest BCUT2D eigenvalue weighted by atomic mass is 31.2. The van der Waals surface area contributed by atoms with E-state index in [1.54, 1.807) is 48.5 Å². The molecule has 0 aliphatic carbocycles. The van der Waals surface area contributed by atoms with Crippen LogP contribution in [0, 0.1) is 0 Å². The van der Waals surface area contributed by atoms with Crippen molar-refractivity contribution < 1.29 is 32.7 Å². The summed E-state index contributed by atoms with van der Waals surface area (Å²) in [5.41, 5.74) is 6.85. The van der Waals surface area contributed by atoms with Crippen LogP contribution >= 0.6 is 7.75 Å². The Balaban J connectivity index is 1.62. The number of esters is 2. The van der Waals surface area contributed by atoms with Gasteiger partial charge in [-0.05, 0) is 11.1 Å². The van der Waals surface area contributed by atoms with E-state index in [0.29, 0.717) is 0 Å². The number of carbonyl (C=O) groups excluding carboxylic acids is 2. The van der Waals surface area contributed by atoms with Crippen LogP contribution in [0.4, 0.5) is 0 Å². The Morgan fingerprint density at radius 2 is 1.11 bits per heavy atom. The van der Waals surface area contributed by atoms with Crippen molar-refractivity contribution >= 4 is 19.7 Å². The van der Waals surface area contributed by atoms with Gasteiger partial charge in [-0.1, -0.05) is 60.7 Å². The van der Waals surface area contributed by atoms with Gasteiger partial charge in [-0.15, -0.1) is 0 Å². The molecule has 0 radical (unpaired) electrons. The number of benzene rings is 2. The van der Waals surface area contributed by atoms with E-state index < -0.39 is 33.3 Å². The van der Waals surface area contributed by atoms with Gasteiger partial charge in [0.25, 0.3) is 0 Å². The molecule has 2 aromatic carbocycles. The van der Waals surface area contributed by atoms with E-state index in [9.17, 15) is 14.2 Å². The molecule has 144 valence electrons. The summed E-state index contributed by atoms with van der Waals surface area (Å²) in [4.78, 5) is 23.3. The second-order valence-corrected chi connectivity index (χ2v) is 6.99. The summed E-state index contributed by atoms with van der Waals surface area (Å²) in [5, 5.41) is 0. The molecule has 0 spiro atoms. The Hall–Kier alpha value is -2.51. The van der Waals surface area contributed by atoms with Gasteiger partial charge in [-0.2, -0.15) is 0 Å². The van der Waals surface area contributed by atoms with E-state index in [2.05, 4.69) is 0 Å². The molecular formula is C18H20NO7P. The van der Waals surface area contributed by atoms with Crippen molar-refractivity contribution in [3.8, 4) is 0 Å². The summed E-state index contributed by atoms with van der Waals surface area (Å²) in [6.07, 6.45) is 0.0774. The van der Waals surface area contributed by atoms with Crippen LogP contribution in [-0.4, -0.2) is 25.5 Å². The van der Waals surface area contributed by atoms with Crippen LogP contribution in [-0.2, 0) is 45.5 Å². The molecule has 2 rings (SSSR count). The first-order chi connectivity index (χ1) is 12.9. The third kappa shape index (κ3) is 8.61. The number of hydrogen-bond donors (Lipinski definition) is 1. The molecule has 0 amide bonds. The molecule has 0 unspecified atom stereocenters. The van der Waals surface area contributed by atoms with Crippen LogP contribution in [0.25, 0.3) is 0 Å². The van der Waals surface area contributed by atoms with Gasteiger partial charge in [-0.3, -0.25) is 18.6 Å². The minimum Gasteiger partial charge on any atom is -0.438 e. The molecule has 0 heterocycles. The largest absolute Gasteiger partial charge is 0.438 e. The van der Waals surface area contributed by atoms with Crippen molar-refractivity contribution in [2.75, 3.05) is 13.6 Å². The van der Waals surface area contributed by atoms with Gasteiger partial charge < -0.3 is 9.47 Å². The molecule has 0 fully saturated rings. The Kier molecular flexibility index (Phi) is 8.16. The molecule has 0 saturated carbocycles. The molecule has 2 N–H and O–H groups in total. The van der Waals surface area contributed by atoms with Gasteiger partial charge in [-0.25, -0.2) is 10.1 Å². The first-order valence-electron chi connectivity index (χ1n) is 8.01. The zero-order valence-electron chi connectivity index (χ0n) is 14.5. The summed E-state index contributed by atoms with van der Waals surface area (Å²) in [6.45, 7) is -1.28. The molecule has 27 heavy (non-hydrogen) atoms. The van der Waals surface area contributed by atoms with Crippen molar-refractivity contribution in [1.82, 2.24) is 0 Å². The molecule has 0 atom stereocenters. The number of rotatable bonds is 10. The van der Waals surface area contributed by atoms with Gasteiger partial charge in [0.15, 0.2) is 0 Å². The van der Waals surface area contributed by atoms with Gasteiger partial charge >= 0.3 is 19.7 Å². The molecule has 0 aliphatic rings. The number of nitrogens with two attached hydrogens (primary N) is 1. The summed E-state index contributed by atoms with van der Waals surface area (Å²) in [5.74, 6) is -1.15. The number of ether oxygens (including phenoxy) is 2. The van der Waals surface area contributed by atoms with Crippen LogP contribution in [0.1, 0.15) is 11.1 Å². The van der Waals surface area contributed by atoms with Crippen molar-refractivity contribution in [2.24, 2.45) is 5.50 Å². The van der Waals surface area contributed by atoms with Crippen LogP contribution in [0.5, 0.6) is 0 Å². The van der Waals surface area contributed by atoms with Crippen LogP contribution in [0.2, 0.25) is 0 Å². The van der Waals surface area contributed by atoms with Crippen molar-refractivity contribution in [3.05, 3.63) is 71.8 Å². The number of carbonyl (C=O) groups is 2. The fraction of sp³-hybridized carbons (Fsp3) is 0.222. The summed E-state index contributed by atoms with van der Waals surface area (Å²) in [7, 11) is -4.02. The lowest BCUT2D eigenvalue weighted by Gasteiger charge is -2.13. The smallest absolute Gasteiger partial charge is 0.408 e. The van der Waals surface area contributed by atoms with Gasteiger partial charge in [0.1, 0.15) is 0 Å². The van der Waals surface area contributed by atoms with Crippen LogP contribution in [0.3, 0.4) is 0 Å². The maximum atomic E-state index is 11.8. The summed E-state index contributed by atoms with van der Waals surface area (Å²) < 4.78 is 30.8. The van der Waals surface area contributed by atoms with Crippen LogP contribution in [0.15, 0.2) is 60.7 Å². The summed E-state index contributed by atoms with van der Waals surface area (Å²) in [6, 6.07) is 17.9. The first-order valence-corrected chi connectivity index (χ1v) is 9.62. The summed E-state index contributed by atoms with van der Waals surface area (Å²) >= 11 is 0. The van der Waals surface area contributed by atoms with Crippen LogP contribution < -0.4 is 5.50 Å². The van der Waals surface area contributed by atoms with Crippen molar-refractivity contribution in [3.63, 3.8) is 0 Å². The van der Waals surface area contributed by atoms with E-state index in [4.69, 9.17) is 24.0 Å². The van der Waals surface area contributed by atoms with E-state index in [-0.39, 0.29) is 12.8 Å². The fourth-order valence-electron chi connectivity index (χ4n) is 2.00. The lowest BCUT2D eigenvalue weighted by atomic mass is 10.2. The lowest BCUT2D eigenvalue weighted by Crippen LogP contribution is -2.15. The second kappa shape index (κ2) is 10.6. The van der Waals surface area contributed by atoms with Gasteiger partial charge in [0.2, 0.25) is 13.6 Å². The average Bonchev–Trinajstić information content (AvgIpc) is 2.63. The SMILES string of the molecule is NP(=O)(OCOC(=O)Cc1ccccc1)OCOC(=O)Cc1ccccc1. The molecular weight excluding hydrogens is 373 g/mol. The maximum Gasteiger partial charge on any atom is 0.408 e. The predicted molar refractivity (Wildman–Crippen MR) is 96.2 cm³/mol. The fourth-order valence-corrected chi connectivity index (χ4v) is 2.47. The zero-order valence-corrected chi connectivity index (χ0v) is 15.4. The highest BCUT2D eigenvalue weighted by Gasteiger charge is 2.20. The molecule has 0 bridgehead atoms. The Morgan fingerprint density at radius 1 is 0.741 bits per heavy atom. The molecule has 9 heteroatoms. The Morgan fingerprint density at radius 3 is 1.48 bits per heavy atom. The quantitative estimate of drug-likeness (QED) is 0.372. The second-order valence-electron chi connectivity index (χ2n) is 5.39. The first kappa shape index (κ1) is 20.8. The van der Waals surface area contributed by atoms with Crippen molar-refractivity contribution in [2.45, 2.75) is 12.8 Å². The zero-order chi connectivity index (χ0) is 19.5. The third-order valence-electron chi connectivity index (χ3n) is 3.29. The van der Waals surface area contributed by atoms with E-state index >= 15 is 0 Å². The normalized spacial score (nSPS) is 11.0. The van der Waals surface area contributed by atoms with E-state index in [0.717, 1.165) is 11.1 Å².